The van der Waals surface area contributed by atoms with E-state index in [1.54, 1.807) is 11.8 Å². The highest BCUT2D eigenvalue weighted by Crippen LogP contribution is 2.23. The molecule has 0 aromatic rings. The van der Waals surface area contributed by atoms with E-state index in [4.69, 9.17) is 5.73 Å². The first-order valence-corrected chi connectivity index (χ1v) is 5.39. The lowest BCUT2D eigenvalue weighted by Crippen LogP contribution is -2.10. The molecule has 0 aliphatic carbocycles. The van der Waals surface area contributed by atoms with Crippen LogP contribution in [0.1, 0.15) is 26.2 Å². The summed E-state index contributed by atoms with van der Waals surface area (Å²) in [6, 6.07) is 0. The minimum Gasteiger partial charge on any atom is -0.330 e. The monoisotopic (exact) mass is 215 g/mol. The molecule has 5 heteroatoms. The number of thioether (sulfide) groups is 1. The van der Waals surface area contributed by atoms with Gasteiger partial charge < -0.3 is 5.73 Å². The van der Waals surface area contributed by atoms with Gasteiger partial charge in [-0.05, 0) is 25.1 Å². The Hall–Kier alpha value is 0.100. The average Bonchev–Trinajstić information content (AvgIpc) is 1.97. The van der Waals surface area contributed by atoms with Gasteiger partial charge in [-0.3, -0.25) is 0 Å². The number of halogens is 3. The minimum atomic E-state index is -4.00. The summed E-state index contributed by atoms with van der Waals surface area (Å²) in [7, 11) is 0. The smallest absolute Gasteiger partial charge is 0.330 e. The van der Waals surface area contributed by atoms with E-state index in [0.717, 1.165) is 6.42 Å². The van der Waals surface area contributed by atoms with Crippen LogP contribution >= 0.6 is 11.8 Å². The van der Waals surface area contributed by atoms with Crippen molar-refractivity contribution in [2.75, 3.05) is 12.3 Å². The minimum absolute atomic E-state index is 0.211. The highest BCUT2D eigenvalue weighted by molar-refractivity contribution is 7.99. The van der Waals surface area contributed by atoms with Crippen LogP contribution in [0.5, 0.6) is 0 Å². The summed E-state index contributed by atoms with van der Waals surface area (Å²) < 4.78 is 35.1. The highest BCUT2D eigenvalue weighted by Gasteiger charge is 2.25. The van der Waals surface area contributed by atoms with Crippen LogP contribution in [-0.2, 0) is 0 Å². The molecule has 0 spiro atoms. The fourth-order valence-corrected chi connectivity index (χ4v) is 1.89. The quantitative estimate of drug-likeness (QED) is 0.689. The fraction of sp³-hybridized carbons (Fsp3) is 1.00. The lowest BCUT2D eigenvalue weighted by Gasteiger charge is -2.10. The third kappa shape index (κ3) is 10.0. The average molecular weight is 215 g/mol. The number of hydrogen-bond acceptors (Lipinski definition) is 2. The lowest BCUT2D eigenvalue weighted by atomic mass is 10.3. The van der Waals surface area contributed by atoms with Gasteiger partial charge in [0.25, 0.3) is 0 Å². The summed E-state index contributed by atoms with van der Waals surface area (Å²) in [4.78, 5) is 0. The van der Waals surface area contributed by atoms with Gasteiger partial charge >= 0.3 is 6.18 Å². The molecule has 0 rings (SSSR count). The van der Waals surface area contributed by atoms with Crippen LogP contribution in [0.25, 0.3) is 0 Å². The molecule has 1 nitrogen and oxygen atoms in total. The zero-order chi connectivity index (χ0) is 10.3. The summed E-state index contributed by atoms with van der Waals surface area (Å²) in [5.41, 5.74) is 5.31. The molecular formula is C8H16F3NS. The molecular weight excluding hydrogens is 199 g/mol. The van der Waals surface area contributed by atoms with E-state index in [1.807, 2.05) is 6.92 Å². The molecule has 0 aromatic heterocycles. The number of alkyl halides is 3. The first-order chi connectivity index (χ1) is 5.95. The predicted octanol–water partition coefficient (Wildman–Crippen LogP) is 2.80. The summed E-state index contributed by atoms with van der Waals surface area (Å²) in [5, 5.41) is 0.373. The van der Waals surface area contributed by atoms with Crippen LogP contribution in [0.3, 0.4) is 0 Å². The normalized spacial score (nSPS) is 14.5. The maximum absolute atomic E-state index is 11.7. The second-order valence-electron chi connectivity index (χ2n) is 2.98. The molecule has 13 heavy (non-hydrogen) atoms. The van der Waals surface area contributed by atoms with E-state index < -0.39 is 12.6 Å². The van der Waals surface area contributed by atoms with Crippen LogP contribution in [-0.4, -0.2) is 23.7 Å². The van der Waals surface area contributed by atoms with Crippen molar-refractivity contribution >= 4 is 11.8 Å². The van der Waals surface area contributed by atoms with Crippen molar-refractivity contribution in [3.8, 4) is 0 Å². The fourth-order valence-electron chi connectivity index (χ4n) is 0.875. The van der Waals surface area contributed by atoms with Crippen molar-refractivity contribution in [2.45, 2.75) is 37.6 Å². The molecule has 0 saturated heterocycles. The van der Waals surface area contributed by atoms with Gasteiger partial charge in [-0.1, -0.05) is 6.92 Å². The van der Waals surface area contributed by atoms with E-state index in [9.17, 15) is 13.2 Å². The second kappa shape index (κ2) is 6.54. The number of nitrogens with two attached hydrogens (primary N) is 1. The summed E-state index contributed by atoms with van der Waals surface area (Å²) in [6.07, 6.45) is -3.59. The summed E-state index contributed by atoms with van der Waals surface area (Å²) in [5.74, 6) is 0.570. The van der Waals surface area contributed by atoms with Gasteiger partial charge in [0.2, 0.25) is 0 Å². The molecule has 0 radical (unpaired) electrons. The highest BCUT2D eigenvalue weighted by atomic mass is 32.2. The third-order valence-electron chi connectivity index (χ3n) is 1.58. The maximum atomic E-state index is 11.7. The number of rotatable bonds is 6. The topological polar surface area (TPSA) is 26.0 Å². The van der Waals surface area contributed by atoms with Crippen molar-refractivity contribution in [3.05, 3.63) is 0 Å². The molecule has 0 aliphatic heterocycles. The van der Waals surface area contributed by atoms with Gasteiger partial charge in [0.05, 0.1) is 0 Å². The lowest BCUT2D eigenvalue weighted by molar-refractivity contribution is -0.134. The Balaban J connectivity index is 3.25. The maximum Gasteiger partial charge on any atom is 0.389 e. The molecule has 0 aromatic carbocycles. The molecule has 0 heterocycles. The van der Waals surface area contributed by atoms with Gasteiger partial charge in [-0.2, -0.15) is 24.9 Å². The molecule has 80 valence electrons. The van der Waals surface area contributed by atoms with Gasteiger partial charge in [0.1, 0.15) is 0 Å². The van der Waals surface area contributed by atoms with Gasteiger partial charge in [0.15, 0.2) is 0 Å². The first kappa shape index (κ1) is 13.1. The Bertz CT molecular complexity index is 127. The number of hydrogen-bond donors (Lipinski definition) is 1. The van der Waals surface area contributed by atoms with Crippen molar-refractivity contribution in [2.24, 2.45) is 5.73 Å². The summed E-state index contributed by atoms with van der Waals surface area (Å²) >= 11 is 1.56. The summed E-state index contributed by atoms with van der Waals surface area (Å²) in [6.45, 7) is 2.60. The van der Waals surface area contributed by atoms with Gasteiger partial charge in [-0.15, -0.1) is 0 Å². The van der Waals surface area contributed by atoms with Crippen molar-refractivity contribution in [1.82, 2.24) is 0 Å². The zero-order valence-corrected chi connectivity index (χ0v) is 8.55. The molecule has 0 saturated carbocycles. The van der Waals surface area contributed by atoms with Crippen LogP contribution in [0.15, 0.2) is 0 Å². The van der Waals surface area contributed by atoms with Crippen LogP contribution in [0.2, 0.25) is 0 Å². The van der Waals surface area contributed by atoms with Crippen LogP contribution < -0.4 is 5.73 Å². The molecule has 2 N–H and O–H groups in total. The van der Waals surface area contributed by atoms with Crippen molar-refractivity contribution in [3.63, 3.8) is 0 Å². The second-order valence-corrected chi connectivity index (χ2v) is 4.52. The van der Waals surface area contributed by atoms with E-state index in [1.165, 1.54) is 0 Å². The van der Waals surface area contributed by atoms with Gasteiger partial charge in [0, 0.05) is 11.7 Å². The molecule has 1 atom stereocenters. The van der Waals surface area contributed by atoms with Gasteiger partial charge in [-0.25, -0.2) is 0 Å². The SMILES string of the molecule is CC(CCN)SCCCC(F)(F)F. The van der Waals surface area contributed by atoms with Crippen LogP contribution in [0, 0.1) is 0 Å². The molecule has 0 bridgehead atoms. The molecule has 0 fully saturated rings. The Morgan fingerprint density at radius 1 is 1.38 bits per heavy atom. The largest absolute Gasteiger partial charge is 0.389 e. The zero-order valence-electron chi connectivity index (χ0n) is 7.73. The van der Waals surface area contributed by atoms with Crippen LogP contribution in [0.4, 0.5) is 13.2 Å². The molecule has 0 amide bonds. The van der Waals surface area contributed by atoms with E-state index in [0.29, 0.717) is 17.5 Å². The Morgan fingerprint density at radius 3 is 2.46 bits per heavy atom. The third-order valence-corrected chi connectivity index (χ3v) is 2.91. The van der Waals surface area contributed by atoms with Crippen molar-refractivity contribution < 1.29 is 13.2 Å². The van der Waals surface area contributed by atoms with E-state index in [-0.39, 0.29) is 6.42 Å². The predicted molar refractivity (Wildman–Crippen MR) is 50.9 cm³/mol. The van der Waals surface area contributed by atoms with E-state index >= 15 is 0 Å². The Kier molecular flexibility index (Phi) is 6.59. The Labute approximate surface area is 81.3 Å². The Morgan fingerprint density at radius 2 is 2.00 bits per heavy atom. The molecule has 1 unspecified atom stereocenters. The van der Waals surface area contributed by atoms with Crippen molar-refractivity contribution in [1.29, 1.82) is 0 Å². The van der Waals surface area contributed by atoms with E-state index in [2.05, 4.69) is 0 Å². The molecule has 0 aliphatic rings. The standard InChI is InChI=1S/C8H16F3NS/c1-7(3-5-12)13-6-2-4-8(9,10)11/h7H,2-6,12H2,1H3. The first-order valence-electron chi connectivity index (χ1n) is 4.34.